The van der Waals surface area contributed by atoms with Crippen molar-refractivity contribution in [2.45, 2.75) is 31.8 Å². The van der Waals surface area contributed by atoms with Crippen LogP contribution in [0.25, 0.3) is 0 Å². The Bertz CT molecular complexity index is 855. The minimum absolute atomic E-state index is 0.0251. The van der Waals surface area contributed by atoms with Crippen molar-refractivity contribution in [3.05, 3.63) is 53.6 Å². The van der Waals surface area contributed by atoms with Crippen LogP contribution in [0.15, 0.2) is 42.5 Å². The first-order valence-corrected chi connectivity index (χ1v) is 10.3. The summed E-state index contributed by atoms with van der Waals surface area (Å²) in [6.07, 6.45) is 3.02. The van der Waals surface area contributed by atoms with Crippen LogP contribution in [0.5, 0.6) is 17.2 Å². The number of ether oxygens (including phenoxy) is 3. The molecule has 0 spiro atoms. The van der Waals surface area contributed by atoms with Gasteiger partial charge in [0.15, 0.2) is 11.5 Å². The van der Waals surface area contributed by atoms with Crippen LogP contribution in [0.2, 0.25) is 0 Å². The summed E-state index contributed by atoms with van der Waals surface area (Å²) in [5, 5.41) is 3.03. The molecule has 0 bridgehead atoms. The van der Waals surface area contributed by atoms with Crippen molar-refractivity contribution in [3.8, 4) is 17.2 Å². The van der Waals surface area contributed by atoms with Crippen molar-refractivity contribution in [1.29, 1.82) is 0 Å². The molecule has 0 aliphatic carbocycles. The number of amides is 1. The number of hydrogen-bond acceptors (Lipinski definition) is 5. The molecule has 4 rings (SSSR count). The van der Waals surface area contributed by atoms with Crippen LogP contribution in [0.3, 0.4) is 0 Å². The lowest BCUT2D eigenvalue weighted by atomic mass is 10.0. The SMILES string of the molecule is COc1ccccc1CNC(=O)CN1CCCC1c1ccc2c(c1)OCCCO2. The maximum absolute atomic E-state index is 12.6. The van der Waals surface area contributed by atoms with Gasteiger partial charge in [0.25, 0.3) is 0 Å². The molecule has 154 valence electrons. The smallest absolute Gasteiger partial charge is 0.234 e. The van der Waals surface area contributed by atoms with Gasteiger partial charge in [-0.05, 0) is 43.1 Å². The second-order valence-electron chi connectivity index (χ2n) is 7.47. The van der Waals surface area contributed by atoms with Crippen LogP contribution in [-0.4, -0.2) is 44.2 Å². The van der Waals surface area contributed by atoms with E-state index in [0.29, 0.717) is 26.3 Å². The van der Waals surface area contributed by atoms with Gasteiger partial charge in [-0.15, -0.1) is 0 Å². The van der Waals surface area contributed by atoms with Crippen molar-refractivity contribution in [2.24, 2.45) is 0 Å². The maximum Gasteiger partial charge on any atom is 0.234 e. The van der Waals surface area contributed by atoms with E-state index in [1.807, 2.05) is 30.3 Å². The quantitative estimate of drug-likeness (QED) is 0.812. The van der Waals surface area contributed by atoms with E-state index in [2.05, 4.69) is 22.3 Å². The number of carbonyl (C=O) groups is 1. The number of rotatable bonds is 6. The molecule has 2 aliphatic rings. The number of methoxy groups -OCH3 is 1. The zero-order chi connectivity index (χ0) is 20.1. The van der Waals surface area contributed by atoms with Crippen molar-refractivity contribution in [1.82, 2.24) is 10.2 Å². The molecule has 0 radical (unpaired) electrons. The molecule has 1 unspecified atom stereocenters. The lowest BCUT2D eigenvalue weighted by molar-refractivity contribution is -0.122. The summed E-state index contributed by atoms with van der Waals surface area (Å²) in [7, 11) is 1.64. The van der Waals surface area contributed by atoms with Crippen LogP contribution in [0.4, 0.5) is 0 Å². The molecule has 2 aliphatic heterocycles. The fraction of sp³-hybridized carbons (Fsp3) is 0.435. The number of benzene rings is 2. The molecule has 1 atom stereocenters. The van der Waals surface area contributed by atoms with Crippen molar-refractivity contribution in [3.63, 3.8) is 0 Å². The van der Waals surface area contributed by atoms with Crippen LogP contribution in [0.1, 0.15) is 36.4 Å². The average molecular weight is 396 g/mol. The van der Waals surface area contributed by atoms with E-state index in [1.165, 1.54) is 5.56 Å². The van der Waals surface area contributed by atoms with Crippen LogP contribution in [-0.2, 0) is 11.3 Å². The highest BCUT2D eigenvalue weighted by atomic mass is 16.5. The molecular weight excluding hydrogens is 368 g/mol. The van der Waals surface area contributed by atoms with E-state index in [1.54, 1.807) is 7.11 Å². The number of para-hydroxylation sites is 1. The Hall–Kier alpha value is -2.73. The summed E-state index contributed by atoms with van der Waals surface area (Å²) in [5.41, 5.74) is 2.16. The number of likely N-dealkylation sites (tertiary alicyclic amines) is 1. The van der Waals surface area contributed by atoms with E-state index in [-0.39, 0.29) is 11.9 Å². The van der Waals surface area contributed by atoms with E-state index in [4.69, 9.17) is 14.2 Å². The van der Waals surface area contributed by atoms with Gasteiger partial charge >= 0.3 is 0 Å². The molecule has 6 nitrogen and oxygen atoms in total. The molecule has 1 saturated heterocycles. The third-order valence-corrected chi connectivity index (χ3v) is 5.54. The second-order valence-corrected chi connectivity index (χ2v) is 7.47. The van der Waals surface area contributed by atoms with Crippen molar-refractivity contribution >= 4 is 5.91 Å². The van der Waals surface area contributed by atoms with E-state index >= 15 is 0 Å². The van der Waals surface area contributed by atoms with Crippen LogP contribution < -0.4 is 19.5 Å². The first-order chi connectivity index (χ1) is 14.2. The molecule has 0 saturated carbocycles. The van der Waals surface area contributed by atoms with Gasteiger partial charge < -0.3 is 19.5 Å². The zero-order valence-corrected chi connectivity index (χ0v) is 16.9. The standard InChI is InChI=1S/C23H28N2O4/c1-27-20-8-3-2-6-18(20)15-24-23(26)16-25-11-4-7-19(25)17-9-10-21-22(14-17)29-13-5-12-28-21/h2-3,6,8-10,14,19H,4-5,7,11-13,15-16H2,1H3,(H,24,26). The van der Waals surface area contributed by atoms with Gasteiger partial charge in [-0.25, -0.2) is 0 Å². The number of hydrogen-bond donors (Lipinski definition) is 1. The average Bonchev–Trinajstić information content (AvgIpc) is 3.07. The number of carbonyl (C=O) groups excluding carboxylic acids is 1. The maximum atomic E-state index is 12.6. The summed E-state index contributed by atoms with van der Waals surface area (Å²) in [5.74, 6) is 2.44. The summed E-state index contributed by atoms with van der Waals surface area (Å²) in [6.45, 7) is 3.13. The summed E-state index contributed by atoms with van der Waals surface area (Å²) >= 11 is 0. The predicted molar refractivity (Wildman–Crippen MR) is 110 cm³/mol. The fourth-order valence-electron chi connectivity index (χ4n) is 4.06. The summed E-state index contributed by atoms with van der Waals surface area (Å²) < 4.78 is 16.9. The second kappa shape index (κ2) is 9.18. The van der Waals surface area contributed by atoms with Gasteiger partial charge in [0.05, 0.1) is 26.9 Å². The third-order valence-electron chi connectivity index (χ3n) is 5.54. The van der Waals surface area contributed by atoms with Gasteiger partial charge in [-0.2, -0.15) is 0 Å². The van der Waals surface area contributed by atoms with Gasteiger partial charge in [0.2, 0.25) is 5.91 Å². The van der Waals surface area contributed by atoms with Gasteiger partial charge in [-0.1, -0.05) is 24.3 Å². The minimum Gasteiger partial charge on any atom is -0.496 e. The highest BCUT2D eigenvalue weighted by Gasteiger charge is 2.28. The van der Waals surface area contributed by atoms with E-state index in [9.17, 15) is 4.79 Å². The first-order valence-electron chi connectivity index (χ1n) is 10.3. The fourth-order valence-corrected chi connectivity index (χ4v) is 4.06. The Morgan fingerprint density at radius 3 is 2.83 bits per heavy atom. The first kappa shape index (κ1) is 19.6. The Balaban J connectivity index is 1.38. The summed E-state index contributed by atoms with van der Waals surface area (Å²) in [6, 6.07) is 14.1. The lowest BCUT2D eigenvalue weighted by Gasteiger charge is -2.25. The Morgan fingerprint density at radius 2 is 1.97 bits per heavy atom. The normalized spacial score (nSPS) is 18.9. The van der Waals surface area contributed by atoms with Crippen LogP contribution >= 0.6 is 0 Å². The number of nitrogens with one attached hydrogen (secondary N) is 1. The molecule has 2 aromatic rings. The van der Waals surface area contributed by atoms with Crippen molar-refractivity contribution < 1.29 is 19.0 Å². The monoisotopic (exact) mass is 396 g/mol. The molecule has 2 heterocycles. The third kappa shape index (κ3) is 4.65. The van der Waals surface area contributed by atoms with Crippen LogP contribution in [0, 0.1) is 0 Å². The Kier molecular flexibility index (Phi) is 6.20. The Morgan fingerprint density at radius 1 is 1.14 bits per heavy atom. The Labute approximate surface area is 171 Å². The van der Waals surface area contributed by atoms with Gasteiger partial charge in [0.1, 0.15) is 5.75 Å². The molecule has 2 aromatic carbocycles. The molecular formula is C23H28N2O4. The molecule has 29 heavy (non-hydrogen) atoms. The highest BCUT2D eigenvalue weighted by molar-refractivity contribution is 5.78. The van der Waals surface area contributed by atoms with E-state index < -0.39 is 0 Å². The summed E-state index contributed by atoms with van der Waals surface area (Å²) in [4.78, 5) is 14.8. The highest BCUT2D eigenvalue weighted by Crippen LogP contribution is 2.37. The van der Waals surface area contributed by atoms with Gasteiger partial charge in [0, 0.05) is 24.6 Å². The van der Waals surface area contributed by atoms with E-state index in [0.717, 1.165) is 48.6 Å². The largest absolute Gasteiger partial charge is 0.496 e. The molecule has 1 amide bonds. The number of nitrogens with zero attached hydrogens (tertiary/aromatic N) is 1. The molecule has 0 aromatic heterocycles. The zero-order valence-electron chi connectivity index (χ0n) is 16.9. The van der Waals surface area contributed by atoms with Gasteiger partial charge in [-0.3, -0.25) is 9.69 Å². The molecule has 1 N–H and O–H groups in total. The minimum atomic E-state index is 0.0251. The topological polar surface area (TPSA) is 60.0 Å². The molecule has 6 heteroatoms. The van der Waals surface area contributed by atoms with Crippen molar-refractivity contribution in [2.75, 3.05) is 33.4 Å². The lowest BCUT2D eigenvalue weighted by Crippen LogP contribution is -2.36. The molecule has 1 fully saturated rings. The predicted octanol–water partition coefficient (Wildman–Crippen LogP) is 3.31. The number of fused-ring (bicyclic) bond motifs is 1.